The van der Waals surface area contributed by atoms with E-state index in [1.54, 1.807) is 13.0 Å². The molecule has 27 heavy (non-hydrogen) atoms. The minimum atomic E-state index is -4.45. The summed E-state index contributed by atoms with van der Waals surface area (Å²) in [6.07, 6.45) is -1.76. The largest absolute Gasteiger partial charge is 0.473 e. The number of halogens is 3. The van der Waals surface area contributed by atoms with Crippen LogP contribution in [-0.4, -0.2) is 16.1 Å². The lowest BCUT2D eigenvalue weighted by molar-refractivity contribution is -0.137. The molecule has 0 N–H and O–H groups in total. The smallest absolute Gasteiger partial charge is 0.417 e. The van der Waals surface area contributed by atoms with Crippen molar-refractivity contribution in [3.8, 4) is 17.1 Å². The van der Waals surface area contributed by atoms with E-state index in [2.05, 4.69) is 9.97 Å². The Labute approximate surface area is 159 Å². The van der Waals surface area contributed by atoms with Crippen molar-refractivity contribution in [3.05, 3.63) is 40.7 Å². The fourth-order valence-corrected chi connectivity index (χ4v) is 2.99. The predicted molar refractivity (Wildman–Crippen MR) is 101 cm³/mol. The molecule has 0 atom stereocenters. The van der Waals surface area contributed by atoms with Crippen LogP contribution >= 0.6 is 0 Å². The van der Waals surface area contributed by atoms with E-state index in [1.807, 2.05) is 27.7 Å². The van der Waals surface area contributed by atoms with Gasteiger partial charge >= 0.3 is 6.18 Å². The standard InChI is InChI=1S/C21H27F3N2O/c1-6-14(7-2)27-20-18(9-4)25-19(17(8-3)26-20)15-11-10-13(5)12-16(15)21(22,23)24/h10-12,14H,6-9H2,1-5H3. The normalized spacial score (nSPS) is 11.9. The van der Waals surface area contributed by atoms with E-state index in [-0.39, 0.29) is 11.7 Å². The Hall–Kier alpha value is -2.11. The molecule has 1 aromatic carbocycles. The molecule has 0 unspecified atom stereocenters. The molecule has 0 amide bonds. The van der Waals surface area contributed by atoms with Gasteiger partial charge in [0.15, 0.2) is 0 Å². The van der Waals surface area contributed by atoms with Gasteiger partial charge in [-0.05, 0) is 38.7 Å². The third kappa shape index (κ3) is 4.79. The van der Waals surface area contributed by atoms with E-state index in [0.717, 1.165) is 18.9 Å². The third-order valence-corrected chi connectivity index (χ3v) is 4.60. The maximum atomic E-state index is 13.6. The molecule has 0 spiro atoms. The molecule has 0 fully saturated rings. The van der Waals surface area contributed by atoms with Crippen molar-refractivity contribution >= 4 is 0 Å². The number of benzene rings is 1. The summed E-state index contributed by atoms with van der Waals surface area (Å²) in [6, 6.07) is 4.32. The molecule has 148 valence electrons. The minimum absolute atomic E-state index is 0.0188. The van der Waals surface area contributed by atoms with Gasteiger partial charge in [0.1, 0.15) is 5.69 Å². The summed E-state index contributed by atoms with van der Waals surface area (Å²) in [5, 5.41) is 0. The molecule has 0 aliphatic heterocycles. The van der Waals surface area contributed by atoms with Crippen molar-refractivity contribution in [2.75, 3.05) is 0 Å². The first-order valence-electron chi connectivity index (χ1n) is 9.49. The van der Waals surface area contributed by atoms with Gasteiger partial charge in [0.2, 0.25) is 5.88 Å². The van der Waals surface area contributed by atoms with Crippen LogP contribution in [0.1, 0.15) is 63.1 Å². The minimum Gasteiger partial charge on any atom is -0.473 e. The van der Waals surface area contributed by atoms with Gasteiger partial charge in [-0.1, -0.05) is 45.4 Å². The molecule has 0 saturated heterocycles. The SMILES string of the molecule is CCc1nc(-c2ccc(C)cc2C(F)(F)F)c(CC)nc1OC(CC)CC. The van der Waals surface area contributed by atoms with Crippen LogP contribution in [0.25, 0.3) is 11.3 Å². The van der Waals surface area contributed by atoms with Crippen LogP contribution in [0.3, 0.4) is 0 Å². The van der Waals surface area contributed by atoms with E-state index in [1.165, 1.54) is 6.07 Å². The van der Waals surface area contributed by atoms with Crippen molar-refractivity contribution in [1.29, 1.82) is 0 Å². The molecule has 1 aromatic heterocycles. The zero-order valence-electron chi connectivity index (χ0n) is 16.6. The molecule has 0 aliphatic rings. The molecule has 3 nitrogen and oxygen atoms in total. The lowest BCUT2D eigenvalue weighted by atomic mass is 9.99. The van der Waals surface area contributed by atoms with Gasteiger partial charge in [0.05, 0.1) is 23.1 Å². The number of hydrogen-bond donors (Lipinski definition) is 0. The highest BCUT2D eigenvalue weighted by Gasteiger charge is 2.35. The first kappa shape index (κ1) is 21.2. The molecular formula is C21H27F3N2O. The Morgan fingerprint density at radius 2 is 1.59 bits per heavy atom. The van der Waals surface area contributed by atoms with Crippen LogP contribution in [-0.2, 0) is 19.0 Å². The summed E-state index contributed by atoms with van der Waals surface area (Å²) in [7, 11) is 0. The highest BCUT2D eigenvalue weighted by molar-refractivity contribution is 5.68. The van der Waals surface area contributed by atoms with Crippen molar-refractivity contribution in [2.24, 2.45) is 0 Å². The van der Waals surface area contributed by atoms with Crippen LogP contribution in [0.5, 0.6) is 5.88 Å². The van der Waals surface area contributed by atoms with E-state index in [9.17, 15) is 13.2 Å². The van der Waals surface area contributed by atoms with Crippen molar-refractivity contribution in [1.82, 2.24) is 9.97 Å². The fraction of sp³-hybridized carbons (Fsp3) is 0.524. The Morgan fingerprint density at radius 1 is 0.963 bits per heavy atom. The number of aryl methyl sites for hydroxylation is 3. The maximum absolute atomic E-state index is 13.6. The summed E-state index contributed by atoms with van der Waals surface area (Å²) in [5.74, 6) is 0.437. The number of hydrogen-bond acceptors (Lipinski definition) is 3. The van der Waals surface area contributed by atoms with Gasteiger partial charge in [0.25, 0.3) is 0 Å². The molecule has 6 heteroatoms. The number of ether oxygens (including phenoxy) is 1. The second kappa shape index (κ2) is 8.72. The van der Waals surface area contributed by atoms with Gasteiger partial charge in [-0.15, -0.1) is 0 Å². The summed E-state index contributed by atoms with van der Waals surface area (Å²) in [6.45, 7) is 9.48. The van der Waals surface area contributed by atoms with Crippen LogP contribution < -0.4 is 4.74 Å². The highest BCUT2D eigenvalue weighted by Crippen LogP contribution is 2.38. The van der Waals surface area contributed by atoms with E-state index >= 15 is 0 Å². The predicted octanol–water partition coefficient (Wildman–Crippen LogP) is 6.16. The van der Waals surface area contributed by atoms with E-state index < -0.39 is 11.7 Å². The van der Waals surface area contributed by atoms with Gasteiger partial charge in [-0.25, -0.2) is 9.97 Å². The molecule has 2 rings (SSSR count). The molecule has 2 aromatic rings. The van der Waals surface area contributed by atoms with Crippen molar-refractivity contribution < 1.29 is 17.9 Å². The Balaban J connectivity index is 2.65. The monoisotopic (exact) mass is 380 g/mol. The Morgan fingerprint density at radius 3 is 2.11 bits per heavy atom. The molecular weight excluding hydrogens is 353 g/mol. The van der Waals surface area contributed by atoms with Crippen LogP contribution in [0.2, 0.25) is 0 Å². The topological polar surface area (TPSA) is 35.0 Å². The van der Waals surface area contributed by atoms with Gasteiger partial charge in [-0.3, -0.25) is 0 Å². The van der Waals surface area contributed by atoms with E-state index in [0.29, 0.717) is 41.4 Å². The van der Waals surface area contributed by atoms with Gasteiger partial charge in [-0.2, -0.15) is 13.2 Å². The lowest BCUT2D eigenvalue weighted by Gasteiger charge is -2.20. The fourth-order valence-electron chi connectivity index (χ4n) is 2.99. The van der Waals surface area contributed by atoms with Crippen molar-refractivity contribution in [2.45, 2.75) is 72.6 Å². The highest BCUT2D eigenvalue weighted by atomic mass is 19.4. The maximum Gasteiger partial charge on any atom is 0.417 e. The molecule has 0 bridgehead atoms. The lowest BCUT2D eigenvalue weighted by Crippen LogP contribution is -2.17. The summed E-state index contributed by atoms with van der Waals surface area (Å²) in [4.78, 5) is 9.14. The third-order valence-electron chi connectivity index (χ3n) is 4.60. The molecule has 1 heterocycles. The summed E-state index contributed by atoms with van der Waals surface area (Å²) < 4.78 is 46.8. The zero-order valence-corrected chi connectivity index (χ0v) is 16.6. The Kier molecular flexibility index (Phi) is 6.84. The first-order chi connectivity index (χ1) is 12.7. The Bertz CT molecular complexity index is 784. The van der Waals surface area contributed by atoms with E-state index in [4.69, 9.17) is 4.74 Å². The number of nitrogens with zero attached hydrogens (tertiary/aromatic N) is 2. The first-order valence-corrected chi connectivity index (χ1v) is 9.49. The van der Waals surface area contributed by atoms with Crippen LogP contribution in [0.15, 0.2) is 18.2 Å². The van der Waals surface area contributed by atoms with Crippen LogP contribution in [0, 0.1) is 6.92 Å². The number of rotatable bonds is 7. The number of aromatic nitrogens is 2. The molecule has 0 saturated carbocycles. The van der Waals surface area contributed by atoms with Crippen molar-refractivity contribution in [3.63, 3.8) is 0 Å². The van der Waals surface area contributed by atoms with Crippen LogP contribution in [0.4, 0.5) is 13.2 Å². The zero-order chi connectivity index (χ0) is 20.2. The average Bonchev–Trinajstić information content (AvgIpc) is 2.64. The summed E-state index contributed by atoms with van der Waals surface area (Å²) in [5.41, 5.74) is 1.34. The average molecular weight is 380 g/mol. The van der Waals surface area contributed by atoms with Gasteiger partial charge < -0.3 is 4.74 Å². The number of alkyl halides is 3. The van der Waals surface area contributed by atoms with Gasteiger partial charge in [0, 0.05) is 5.56 Å². The molecule has 0 radical (unpaired) electrons. The second-order valence-electron chi connectivity index (χ2n) is 6.58. The quantitative estimate of drug-likeness (QED) is 0.577. The summed E-state index contributed by atoms with van der Waals surface area (Å²) >= 11 is 0. The molecule has 0 aliphatic carbocycles. The second-order valence-corrected chi connectivity index (χ2v) is 6.58.